The third kappa shape index (κ3) is 4.19. The smallest absolute Gasteiger partial charge is 0.0546 e. The van der Waals surface area contributed by atoms with Gasteiger partial charge in [-0.2, -0.15) is 0 Å². The highest BCUT2D eigenvalue weighted by Crippen LogP contribution is 2.33. The predicted octanol–water partition coefficient (Wildman–Crippen LogP) is 2.90. The highest BCUT2D eigenvalue weighted by Gasteiger charge is 2.37. The minimum atomic E-state index is 0.327. The molecule has 0 amide bonds. The van der Waals surface area contributed by atoms with E-state index in [1.54, 1.807) is 0 Å². The number of hydrogen-bond donors (Lipinski definition) is 1. The zero-order chi connectivity index (χ0) is 14.6. The minimum Gasteiger partial charge on any atom is -0.381 e. The van der Waals surface area contributed by atoms with Crippen LogP contribution in [0.3, 0.4) is 0 Å². The van der Waals surface area contributed by atoms with Crippen molar-refractivity contribution < 1.29 is 4.74 Å². The summed E-state index contributed by atoms with van der Waals surface area (Å²) in [6, 6.07) is 1.29. The summed E-state index contributed by atoms with van der Waals surface area (Å²) in [5, 5.41) is 3.66. The van der Waals surface area contributed by atoms with Crippen molar-refractivity contribution in [1.29, 1.82) is 0 Å². The minimum absolute atomic E-state index is 0.327. The molecular formula is C17H34N2O. The fourth-order valence-corrected chi connectivity index (χ4v) is 3.73. The van der Waals surface area contributed by atoms with E-state index in [4.69, 9.17) is 4.74 Å². The van der Waals surface area contributed by atoms with Gasteiger partial charge in [0.1, 0.15) is 0 Å². The van der Waals surface area contributed by atoms with Gasteiger partial charge in [0.2, 0.25) is 0 Å². The van der Waals surface area contributed by atoms with E-state index in [-0.39, 0.29) is 0 Å². The second-order valence-corrected chi connectivity index (χ2v) is 7.52. The summed E-state index contributed by atoms with van der Waals surface area (Å²) < 4.78 is 5.85. The SMILES string of the molecule is CC(C)NCC1(CN2CCCC(C)C2C)CCCOC1. The van der Waals surface area contributed by atoms with Crippen LogP contribution in [0.5, 0.6) is 0 Å². The summed E-state index contributed by atoms with van der Waals surface area (Å²) >= 11 is 0. The summed E-state index contributed by atoms with van der Waals surface area (Å²) in [6.07, 6.45) is 5.29. The Kier molecular flexibility index (Phi) is 5.88. The van der Waals surface area contributed by atoms with E-state index in [9.17, 15) is 0 Å². The monoisotopic (exact) mass is 282 g/mol. The number of piperidine rings is 1. The number of nitrogens with one attached hydrogen (secondary N) is 1. The molecule has 3 unspecified atom stereocenters. The molecule has 2 aliphatic heterocycles. The molecule has 0 bridgehead atoms. The Morgan fingerprint density at radius 2 is 2.10 bits per heavy atom. The van der Waals surface area contributed by atoms with Gasteiger partial charge in [0.25, 0.3) is 0 Å². The first-order valence-corrected chi connectivity index (χ1v) is 8.58. The van der Waals surface area contributed by atoms with E-state index >= 15 is 0 Å². The summed E-state index contributed by atoms with van der Waals surface area (Å²) in [6.45, 7) is 14.8. The average molecular weight is 282 g/mol. The molecule has 1 N–H and O–H groups in total. The van der Waals surface area contributed by atoms with Gasteiger partial charge in [-0.25, -0.2) is 0 Å². The van der Waals surface area contributed by atoms with E-state index in [2.05, 4.69) is 37.9 Å². The highest BCUT2D eigenvalue weighted by molar-refractivity contribution is 4.91. The van der Waals surface area contributed by atoms with Crippen LogP contribution in [0.1, 0.15) is 53.4 Å². The number of nitrogens with zero attached hydrogens (tertiary/aromatic N) is 1. The fourth-order valence-electron chi connectivity index (χ4n) is 3.73. The van der Waals surface area contributed by atoms with Crippen molar-refractivity contribution in [3.05, 3.63) is 0 Å². The van der Waals surface area contributed by atoms with Crippen LogP contribution in [0.15, 0.2) is 0 Å². The average Bonchev–Trinajstić information content (AvgIpc) is 2.43. The molecular weight excluding hydrogens is 248 g/mol. The van der Waals surface area contributed by atoms with Crippen LogP contribution in [0.2, 0.25) is 0 Å². The highest BCUT2D eigenvalue weighted by atomic mass is 16.5. The second kappa shape index (κ2) is 7.24. The molecule has 0 spiro atoms. The van der Waals surface area contributed by atoms with Gasteiger partial charge in [0.15, 0.2) is 0 Å². The van der Waals surface area contributed by atoms with Crippen molar-refractivity contribution >= 4 is 0 Å². The Hall–Kier alpha value is -0.120. The van der Waals surface area contributed by atoms with Gasteiger partial charge in [-0.1, -0.05) is 20.8 Å². The van der Waals surface area contributed by atoms with Gasteiger partial charge in [-0.15, -0.1) is 0 Å². The number of ether oxygens (including phenoxy) is 1. The zero-order valence-electron chi connectivity index (χ0n) is 14.0. The van der Waals surface area contributed by atoms with Crippen LogP contribution in [-0.4, -0.2) is 49.8 Å². The van der Waals surface area contributed by atoms with E-state index in [0.29, 0.717) is 11.5 Å². The topological polar surface area (TPSA) is 24.5 Å². The normalized spacial score (nSPS) is 36.5. The Morgan fingerprint density at radius 1 is 1.30 bits per heavy atom. The molecule has 2 rings (SSSR count). The fraction of sp³-hybridized carbons (Fsp3) is 1.00. The maximum absolute atomic E-state index is 5.85. The summed E-state index contributed by atoms with van der Waals surface area (Å²) in [4.78, 5) is 2.73. The number of likely N-dealkylation sites (tertiary alicyclic amines) is 1. The van der Waals surface area contributed by atoms with E-state index in [1.165, 1.54) is 38.8 Å². The largest absolute Gasteiger partial charge is 0.381 e. The predicted molar refractivity (Wildman–Crippen MR) is 85.1 cm³/mol. The molecule has 20 heavy (non-hydrogen) atoms. The lowest BCUT2D eigenvalue weighted by atomic mass is 9.80. The van der Waals surface area contributed by atoms with Crippen LogP contribution in [-0.2, 0) is 4.74 Å². The molecule has 0 aromatic heterocycles. The first-order chi connectivity index (χ1) is 9.52. The van der Waals surface area contributed by atoms with Crippen molar-refractivity contribution in [2.24, 2.45) is 11.3 Å². The standard InChI is InChI=1S/C17H34N2O/c1-14(2)18-11-17(8-6-10-20-13-17)12-19-9-5-7-15(3)16(19)4/h14-16,18H,5-13H2,1-4H3. The van der Waals surface area contributed by atoms with Gasteiger partial charge in [-0.05, 0) is 45.1 Å². The molecule has 3 heteroatoms. The molecule has 0 aromatic rings. The molecule has 0 aromatic carbocycles. The van der Waals surface area contributed by atoms with Crippen LogP contribution >= 0.6 is 0 Å². The van der Waals surface area contributed by atoms with Crippen LogP contribution < -0.4 is 5.32 Å². The number of hydrogen-bond acceptors (Lipinski definition) is 3. The molecule has 2 aliphatic rings. The molecule has 2 fully saturated rings. The lowest BCUT2D eigenvalue weighted by Gasteiger charge is -2.46. The Balaban J connectivity index is 1.99. The molecule has 0 saturated carbocycles. The maximum Gasteiger partial charge on any atom is 0.0546 e. The van der Waals surface area contributed by atoms with Crippen molar-refractivity contribution in [2.45, 2.75) is 65.5 Å². The first-order valence-electron chi connectivity index (χ1n) is 8.58. The van der Waals surface area contributed by atoms with Gasteiger partial charge in [0.05, 0.1) is 6.61 Å². The van der Waals surface area contributed by atoms with E-state index < -0.39 is 0 Å². The summed E-state index contributed by atoms with van der Waals surface area (Å²) in [5.74, 6) is 0.836. The van der Waals surface area contributed by atoms with Gasteiger partial charge in [0, 0.05) is 37.2 Å². The Bertz CT molecular complexity index is 287. The zero-order valence-corrected chi connectivity index (χ0v) is 14.0. The first kappa shape index (κ1) is 16.3. The van der Waals surface area contributed by atoms with Gasteiger partial charge < -0.3 is 10.1 Å². The Morgan fingerprint density at radius 3 is 2.75 bits per heavy atom. The van der Waals surface area contributed by atoms with Crippen molar-refractivity contribution in [3.63, 3.8) is 0 Å². The summed E-state index contributed by atoms with van der Waals surface area (Å²) in [5.41, 5.74) is 0.327. The van der Waals surface area contributed by atoms with E-state index in [0.717, 1.165) is 31.7 Å². The van der Waals surface area contributed by atoms with Crippen molar-refractivity contribution in [2.75, 3.05) is 32.8 Å². The maximum atomic E-state index is 5.85. The van der Waals surface area contributed by atoms with Gasteiger partial charge >= 0.3 is 0 Å². The lowest BCUT2D eigenvalue weighted by molar-refractivity contribution is -0.0420. The third-order valence-corrected chi connectivity index (χ3v) is 5.33. The van der Waals surface area contributed by atoms with Crippen molar-refractivity contribution in [3.8, 4) is 0 Å². The van der Waals surface area contributed by atoms with E-state index in [1.807, 2.05) is 0 Å². The third-order valence-electron chi connectivity index (χ3n) is 5.33. The number of rotatable bonds is 5. The molecule has 118 valence electrons. The second-order valence-electron chi connectivity index (χ2n) is 7.52. The van der Waals surface area contributed by atoms with Crippen molar-refractivity contribution in [1.82, 2.24) is 10.2 Å². The molecule has 0 radical (unpaired) electrons. The molecule has 2 heterocycles. The van der Waals surface area contributed by atoms with Crippen LogP contribution in [0.25, 0.3) is 0 Å². The molecule has 3 nitrogen and oxygen atoms in total. The van der Waals surface area contributed by atoms with Crippen LogP contribution in [0.4, 0.5) is 0 Å². The molecule has 2 saturated heterocycles. The quantitative estimate of drug-likeness (QED) is 0.839. The van der Waals surface area contributed by atoms with Gasteiger partial charge in [-0.3, -0.25) is 4.90 Å². The Labute approximate surface area is 125 Å². The lowest BCUT2D eigenvalue weighted by Crippen LogP contribution is -2.54. The molecule has 0 aliphatic carbocycles. The summed E-state index contributed by atoms with van der Waals surface area (Å²) in [7, 11) is 0. The molecule has 3 atom stereocenters. The van der Waals surface area contributed by atoms with Crippen LogP contribution in [0, 0.1) is 11.3 Å².